The maximum Gasteiger partial charge on any atom is 0.118 e. The zero-order valence-corrected chi connectivity index (χ0v) is 12.0. The molecule has 0 aliphatic carbocycles. The van der Waals surface area contributed by atoms with E-state index in [2.05, 4.69) is 49.5 Å². The van der Waals surface area contributed by atoms with Gasteiger partial charge in [-0.25, -0.2) is 0 Å². The second kappa shape index (κ2) is 5.89. The molecule has 2 aromatic rings. The van der Waals surface area contributed by atoms with Crippen LogP contribution >= 0.6 is 0 Å². The van der Waals surface area contributed by atoms with Crippen LogP contribution in [0, 0.1) is 13.8 Å². The summed E-state index contributed by atoms with van der Waals surface area (Å²) in [5, 5.41) is 3.39. The summed E-state index contributed by atoms with van der Waals surface area (Å²) in [6.45, 7) is 4.27. The van der Waals surface area contributed by atoms with Crippen LogP contribution < -0.4 is 10.1 Å². The van der Waals surface area contributed by atoms with Crippen LogP contribution in [0.1, 0.15) is 28.3 Å². The lowest BCUT2D eigenvalue weighted by Gasteiger charge is -2.19. The molecule has 1 unspecified atom stereocenters. The smallest absolute Gasteiger partial charge is 0.118 e. The SMILES string of the molecule is CNC(c1ccc(OC)cc1)c1cc(C)cc(C)c1. The summed E-state index contributed by atoms with van der Waals surface area (Å²) in [7, 11) is 3.68. The van der Waals surface area contributed by atoms with E-state index in [1.54, 1.807) is 7.11 Å². The number of aryl methyl sites for hydroxylation is 2. The van der Waals surface area contributed by atoms with Crippen molar-refractivity contribution in [2.24, 2.45) is 0 Å². The van der Waals surface area contributed by atoms with Crippen molar-refractivity contribution in [1.82, 2.24) is 5.32 Å². The number of methoxy groups -OCH3 is 1. The molecule has 2 heteroatoms. The number of rotatable bonds is 4. The maximum absolute atomic E-state index is 5.21. The quantitative estimate of drug-likeness (QED) is 0.901. The van der Waals surface area contributed by atoms with Gasteiger partial charge in [0, 0.05) is 0 Å². The Kier molecular flexibility index (Phi) is 4.23. The van der Waals surface area contributed by atoms with E-state index in [-0.39, 0.29) is 6.04 Å². The van der Waals surface area contributed by atoms with Gasteiger partial charge in [0.2, 0.25) is 0 Å². The molecular formula is C17H21NO. The van der Waals surface area contributed by atoms with E-state index < -0.39 is 0 Å². The molecule has 100 valence electrons. The maximum atomic E-state index is 5.21. The molecule has 0 aliphatic heterocycles. The van der Waals surface area contributed by atoms with Crippen molar-refractivity contribution >= 4 is 0 Å². The highest BCUT2D eigenvalue weighted by Gasteiger charge is 2.12. The minimum atomic E-state index is 0.213. The molecule has 0 fully saturated rings. The summed E-state index contributed by atoms with van der Waals surface area (Å²) in [5.74, 6) is 0.888. The van der Waals surface area contributed by atoms with Crippen molar-refractivity contribution in [2.45, 2.75) is 19.9 Å². The summed E-state index contributed by atoms with van der Waals surface area (Å²) in [4.78, 5) is 0. The van der Waals surface area contributed by atoms with Gasteiger partial charge in [0.25, 0.3) is 0 Å². The largest absolute Gasteiger partial charge is 0.497 e. The predicted molar refractivity (Wildman–Crippen MR) is 79.8 cm³/mol. The van der Waals surface area contributed by atoms with Crippen LogP contribution in [-0.2, 0) is 0 Å². The van der Waals surface area contributed by atoms with Crippen molar-refractivity contribution in [3.63, 3.8) is 0 Å². The van der Waals surface area contributed by atoms with Gasteiger partial charge < -0.3 is 10.1 Å². The summed E-state index contributed by atoms with van der Waals surface area (Å²) >= 11 is 0. The van der Waals surface area contributed by atoms with Gasteiger partial charge in [-0.3, -0.25) is 0 Å². The van der Waals surface area contributed by atoms with Gasteiger partial charge in [0.15, 0.2) is 0 Å². The lowest BCUT2D eigenvalue weighted by molar-refractivity contribution is 0.414. The highest BCUT2D eigenvalue weighted by molar-refractivity contribution is 5.38. The van der Waals surface area contributed by atoms with Crippen molar-refractivity contribution < 1.29 is 4.74 Å². The van der Waals surface area contributed by atoms with Crippen LogP contribution in [0.2, 0.25) is 0 Å². The van der Waals surface area contributed by atoms with Crippen LogP contribution in [0.25, 0.3) is 0 Å². The first-order valence-electron chi connectivity index (χ1n) is 6.53. The molecule has 2 rings (SSSR count). The van der Waals surface area contributed by atoms with E-state index in [1.807, 2.05) is 19.2 Å². The summed E-state index contributed by atoms with van der Waals surface area (Å²) in [6.07, 6.45) is 0. The molecule has 0 aliphatic rings. The normalized spacial score (nSPS) is 12.2. The van der Waals surface area contributed by atoms with Crippen LogP contribution in [0.3, 0.4) is 0 Å². The average molecular weight is 255 g/mol. The lowest BCUT2D eigenvalue weighted by Crippen LogP contribution is -2.17. The zero-order chi connectivity index (χ0) is 13.8. The van der Waals surface area contributed by atoms with Gasteiger partial charge in [-0.2, -0.15) is 0 Å². The number of ether oxygens (including phenoxy) is 1. The van der Waals surface area contributed by atoms with Crippen LogP contribution in [0.5, 0.6) is 5.75 Å². The van der Waals surface area contributed by atoms with E-state index in [1.165, 1.54) is 22.3 Å². The molecule has 0 heterocycles. The van der Waals surface area contributed by atoms with E-state index in [0.717, 1.165) is 5.75 Å². The minimum Gasteiger partial charge on any atom is -0.497 e. The van der Waals surface area contributed by atoms with Gasteiger partial charge in [-0.05, 0) is 44.2 Å². The molecule has 19 heavy (non-hydrogen) atoms. The highest BCUT2D eigenvalue weighted by Crippen LogP contribution is 2.25. The van der Waals surface area contributed by atoms with Crippen molar-refractivity contribution in [3.05, 3.63) is 64.7 Å². The first-order valence-corrected chi connectivity index (χ1v) is 6.53. The van der Waals surface area contributed by atoms with Gasteiger partial charge in [0.05, 0.1) is 13.2 Å². The summed E-state index contributed by atoms with van der Waals surface area (Å²) in [6, 6.07) is 15.1. The Labute approximate surface area is 115 Å². The molecule has 2 aromatic carbocycles. The standard InChI is InChI=1S/C17H21NO/c1-12-9-13(2)11-15(10-12)17(18-3)14-5-7-16(19-4)8-6-14/h5-11,17-18H,1-4H3. The fourth-order valence-corrected chi connectivity index (χ4v) is 2.50. The summed E-state index contributed by atoms with van der Waals surface area (Å²) in [5.41, 5.74) is 5.13. The number of nitrogens with one attached hydrogen (secondary N) is 1. The van der Waals surface area contributed by atoms with Crippen LogP contribution in [-0.4, -0.2) is 14.2 Å². The van der Waals surface area contributed by atoms with E-state index >= 15 is 0 Å². The van der Waals surface area contributed by atoms with Gasteiger partial charge >= 0.3 is 0 Å². The Hall–Kier alpha value is -1.80. The van der Waals surface area contributed by atoms with Crippen molar-refractivity contribution in [3.8, 4) is 5.75 Å². The highest BCUT2D eigenvalue weighted by atomic mass is 16.5. The van der Waals surface area contributed by atoms with E-state index in [0.29, 0.717) is 0 Å². The molecule has 0 bridgehead atoms. The average Bonchev–Trinajstić information content (AvgIpc) is 2.39. The Morgan fingerprint density at radius 2 is 1.47 bits per heavy atom. The van der Waals surface area contributed by atoms with Crippen molar-refractivity contribution in [2.75, 3.05) is 14.2 Å². The molecule has 0 spiro atoms. The molecule has 0 aromatic heterocycles. The predicted octanol–water partition coefficient (Wildman–Crippen LogP) is 3.62. The number of hydrogen-bond donors (Lipinski definition) is 1. The van der Waals surface area contributed by atoms with Gasteiger partial charge in [-0.1, -0.05) is 41.5 Å². The third-order valence-corrected chi connectivity index (χ3v) is 3.32. The fourth-order valence-electron chi connectivity index (χ4n) is 2.50. The first-order chi connectivity index (χ1) is 9.13. The zero-order valence-electron chi connectivity index (χ0n) is 12.0. The molecule has 0 saturated heterocycles. The Bertz CT molecular complexity index is 525. The van der Waals surface area contributed by atoms with Gasteiger partial charge in [-0.15, -0.1) is 0 Å². The third-order valence-electron chi connectivity index (χ3n) is 3.32. The molecule has 0 radical (unpaired) electrons. The lowest BCUT2D eigenvalue weighted by atomic mass is 9.96. The minimum absolute atomic E-state index is 0.213. The first kappa shape index (κ1) is 13.6. The van der Waals surface area contributed by atoms with Crippen LogP contribution in [0.4, 0.5) is 0 Å². The Morgan fingerprint density at radius 1 is 0.895 bits per heavy atom. The van der Waals surface area contributed by atoms with E-state index in [9.17, 15) is 0 Å². The molecule has 0 amide bonds. The van der Waals surface area contributed by atoms with Gasteiger partial charge in [0.1, 0.15) is 5.75 Å². The molecule has 1 N–H and O–H groups in total. The molecule has 1 atom stereocenters. The molecule has 0 saturated carbocycles. The second-order valence-electron chi connectivity index (χ2n) is 4.92. The Balaban J connectivity index is 2.37. The van der Waals surface area contributed by atoms with E-state index in [4.69, 9.17) is 4.74 Å². The third kappa shape index (κ3) is 3.15. The summed E-state index contributed by atoms with van der Waals surface area (Å²) < 4.78 is 5.21. The second-order valence-corrected chi connectivity index (χ2v) is 4.92. The number of hydrogen-bond acceptors (Lipinski definition) is 2. The molecular weight excluding hydrogens is 234 g/mol. The van der Waals surface area contributed by atoms with Crippen molar-refractivity contribution in [1.29, 1.82) is 0 Å². The number of benzene rings is 2. The van der Waals surface area contributed by atoms with Crippen LogP contribution in [0.15, 0.2) is 42.5 Å². The fraction of sp³-hybridized carbons (Fsp3) is 0.294. The molecule has 2 nitrogen and oxygen atoms in total. The monoisotopic (exact) mass is 255 g/mol. The topological polar surface area (TPSA) is 21.3 Å². The Morgan fingerprint density at radius 3 is 1.95 bits per heavy atom.